The molecule has 8 heteroatoms. The Bertz CT molecular complexity index is 517. The fourth-order valence-corrected chi connectivity index (χ4v) is 3.11. The molecule has 26 heavy (non-hydrogen) atoms. The van der Waals surface area contributed by atoms with Gasteiger partial charge in [-0.25, -0.2) is 4.79 Å². The van der Waals surface area contributed by atoms with E-state index >= 15 is 0 Å². The van der Waals surface area contributed by atoms with Crippen molar-refractivity contribution in [3.8, 4) is 0 Å². The molecular weight excluding hydrogens is 354 g/mol. The third-order valence-electron chi connectivity index (χ3n) is 4.88. The summed E-state index contributed by atoms with van der Waals surface area (Å²) in [6.45, 7) is 5.91. The summed E-state index contributed by atoms with van der Waals surface area (Å²) in [6.07, 6.45) is 5.06. The number of thiol groups is 1. The smallest absolute Gasteiger partial charge is 0.348 e. The minimum absolute atomic E-state index is 0.0220. The van der Waals surface area contributed by atoms with E-state index in [0.29, 0.717) is 25.1 Å². The Balaban J connectivity index is 3.37. The number of hydrogen-bond donors (Lipinski definition) is 4. The van der Waals surface area contributed by atoms with E-state index in [0.717, 1.165) is 0 Å². The van der Waals surface area contributed by atoms with E-state index in [1.165, 1.54) is 4.90 Å². The Kier molecular flexibility index (Phi) is 9.09. The first-order chi connectivity index (χ1) is 12.3. The number of aliphatic hydroxyl groups is 1. The normalized spacial score (nSPS) is 30.0. The van der Waals surface area contributed by atoms with Crippen LogP contribution in [0.4, 0.5) is 0 Å². The number of carbonyl (C=O) groups is 2. The van der Waals surface area contributed by atoms with Crippen LogP contribution >= 0.6 is 12.6 Å². The number of amides is 1. The lowest BCUT2D eigenvalue weighted by molar-refractivity contribution is -0.181. The van der Waals surface area contributed by atoms with Crippen molar-refractivity contribution in [2.45, 2.75) is 63.8 Å². The van der Waals surface area contributed by atoms with Gasteiger partial charge in [0.15, 0.2) is 5.66 Å². The molecule has 0 aromatic carbocycles. The number of rotatable bonds is 8. The Labute approximate surface area is 161 Å². The molecule has 4 N–H and O–H groups in total. The van der Waals surface area contributed by atoms with Crippen LogP contribution < -0.4 is 11.1 Å². The summed E-state index contributed by atoms with van der Waals surface area (Å²) in [5.41, 5.74) is 3.81. The monoisotopic (exact) mass is 387 g/mol. The van der Waals surface area contributed by atoms with Crippen molar-refractivity contribution in [2.75, 3.05) is 25.4 Å². The summed E-state index contributed by atoms with van der Waals surface area (Å²) in [5.74, 6) is -0.346. The standard InChI is InChI=1S/C18H33N3O4S/c1-4-17(3)9-7-6-8-15(23)21(5-2)18(10-11-22,16(24)25-17)20-12-14(19)13-26/h6-7,14,20,22,26H,4-5,8-13,19H2,1-3H3/b7-6-/t14-,17+,18-/m1/s1. The number of nitrogens with zero attached hydrogens (tertiary/aromatic N) is 1. The van der Waals surface area contributed by atoms with Gasteiger partial charge in [0.25, 0.3) is 0 Å². The van der Waals surface area contributed by atoms with E-state index in [4.69, 9.17) is 10.5 Å². The molecule has 1 aliphatic heterocycles. The molecule has 0 bridgehead atoms. The van der Waals surface area contributed by atoms with Gasteiger partial charge < -0.3 is 20.5 Å². The molecule has 7 nitrogen and oxygen atoms in total. The Morgan fingerprint density at radius 3 is 2.65 bits per heavy atom. The van der Waals surface area contributed by atoms with Crippen molar-refractivity contribution < 1.29 is 19.4 Å². The zero-order valence-corrected chi connectivity index (χ0v) is 16.9. The molecule has 0 aromatic heterocycles. The van der Waals surface area contributed by atoms with Gasteiger partial charge in [-0.15, -0.1) is 0 Å². The Hall–Kier alpha value is -1.09. The number of ether oxygens (including phenoxy) is 1. The van der Waals surface area contributed by atoms with E-state index in [1.54, 1.807) is 13.0 Å². The van der Waals surface area contributed by atoms with Crippen molar-refractivity contribution >= 4 is 24.5 Å². The van der Waals surface area contributed by atoms with Gasteiger partial charge in [-0.1, -0.05) is 19.1 Å². The van der Waals surface area contributed by atoms with E-state index < -0.39 is 17.2 Å². The molecule has 0 spiro atoms. The maximum absolute atomic E-state index is 13.3. The molecule has 0 aromatic rings. The van der Waals surface area contributed by atoms with Crippen molar-refractivity contribution in [2.24, 2.45) is 5.73 Å². The predicted molar refractivity (Wildman–Crippen MR) is 105 cm³/mol. The van der Waals surface area contributed by atoms with Crippen LogP contribution in [0.25, 0.3) is 0 Å². The van der Waals surface area contributed by atoms with Gasteiger partial charge in [0.05, 0.1) is 0 Å². The molecule has 0 aliphatic carbocycles. The lowest BCUT2D eigenvalue weighted by Gasteiger charge is -2.44. The average molecular weight is 388 g/mol. The van der Waals surface area contributed by atoms with Crippen LogP contribution in [0.3, 0.4) is 0 Å². The zero-order chi connectivity index (χ0) is 19.8. The highest BCUT2D eigenvalue weighted by molar-refractivity contribution is 7.80. The maximum atomic E-state index is 13.3. The fraction of sp³-hybridized carbons (Fsp3) is 0.778. The van der Waals surface area contributed by atoms with Crippen molar-refractivity contribution in [3.05, 3.63) is 12.2 Å². The average Bonchev–Trinajstić information content (AvgIpc) is 2.62. The van der Waals surface area contributed by atoms with Crippen LogP contribution in [-0.2, 0) is 14.3 Å². The molecule has 0 fully saturated rings. The molecule has 1 aliphatic rings. The number of likely N-dealkylation sites (N-methyl/N-ethyl adjacent to an activating group) is 1. The first-order valence-corrected chi connectivity index (χ1v) is 9.83. The van der Waals surface area contributed by atoms with Crippen LogP contribution in [0.1, 0.15) is 46.5 Å². The molecule has 150 valence electrons. The van der Waals surface area contributed by atoms with Gasteiger partial charge in [-0.3, -0.25) is 10.1 Å². The van der Waals surface area contributed by atoms with Crippen molar-refractivity contribution in [1.82, 2.24) is 10.2 Å². The van der Waals surface area contributed by atoms with Crippen LogP contribution in [0.15, 0.2) is 12.2 Å². The summed E-state index contributed by atoms with van der Waals surface area (Å²) in [4.78, 5) is 27.5. The topological polar surface area (TPSA) is 105 Å². The number of carbonyl (C=O) groups excluding carboxylic acids is 2. The summed E-state index contributed by atoms with van der Waals surface area (Å²) in [7, 11) is 0. The highest BCUT2D eigenvalue weighted by Gasteiger charge is 2.48. The van der Waals surface area contributed by atoms with Gasteiger partial charge >= 0.3 is 5.97 Å². The lowest BCUT2D eigenvalue weighted by Crippen LogP contribution is -2.68. The van der Waals surface area contributed by atoms with Gasteiger partial charge in [0.2, 0.25) is 5.91 Å². The molecule has 0 saturated carbocycles. The first-order valence-electron chi connectivity index (χ1n) is 9.19. The minimum atomic E-state index is -1.46. The van der Waals surface area contributed by atoms with Crippen LogP contribution in [0.2, 0.25) is 0 Å². The van der Waals surface area contributed by atoms with Crippen molar-refractivity contribution in [1.29, 1.82) is 0 Å². The molecule has 0 unspecified atom stereocenters. The van der Waals surface area contributed by atoms with E-state index in [-0.39, 0.29) is 37.9 Å². The second-order valence-electron chi connectivity index (χ2n) is 6.87. The second kappa shape index (κ2) is 10.3. The van der Waals surface area contributed by atoms with E-state index in [2.05, 4.69) is 17.9 Å². The van der Waals surface area contributed by atoms with Gasteiger partial charge in [0, 0.05) is 50.8 Å². The lowest BCUT2D eigenvalue weighted by atomic mass is 9.95. The molecule has 1 rings (SSSR count). The zero-order valence-electron chi connectivity index (χ0n) is 16.0. The quantitative estimate of drug-likeness (QED) is 0.279. The van der Waals surface area contributed by atoms with Crippen LogP contribution in [0, 0.1) is 0 Å². The molecule has 0 saturated heterocycles. The molecule has 1 heterocycles. The van der Waals surface area contributed by atoms with Gasteiger partial charge in [0.1, 0.15) is 5.60 Å². The van der Waals surface area contributed by atoms with E-state index in [1.807, 2.05) is 19.9 Å². The number of nitrogens with two attached hydrogens (primary N) is 1. The molecule has 1 amide bonds. The summed E-state index contributed by atoms with van der Waals surface area (Å²) in [5, 5.41) is 12.8. The highest BCUT2D eigenvalue weighted by atomic mass is 32.1. The third-order valence-corrected chi connectivity index (χ3v) is 5.35. The molecular formula is C18H33N3O4S. The number of esters is 1. The van der Waals surface area contributed by atoms with Crippen LogP contribution in [-0.4, -0.2) is 64.6 Å². The Morgan fingerprint density at radius 1 is 1.42 bits per heavy atom. The number of aliphatic hydroxyl groups excluding tert-OH is 1. The predicted octanol–water partition coefficient (Wildman–Crippen LogP) is 0.822. The SMILES string of the molecule is CCN1C(=O)C/C=C\C[C@](C)(CC)OC(=O)[C@]1(CCO)NC[C@@H](N)CS. The number of nitrogens with one attached hydrogen (secondary N) is 1. The maximum Gasteiger partial charge on any atom is 0.348 e. The minimum Gasteiger partial charge on any atom is -0.456 e. The highest BCUT2D eigenvalue weighted by Crippen LogP contribution is 2.28. The van der Waals surface area contributed by atoms with Gasteiger partial charge in [-0.2, -0.15) is 12.6 Å². The molecule has 3 atom stereocenters. The number of cyclic esters (lactones) is 1. The largest absolute Gasteiger partial charge is 0.456 e. The van der Waals surface area contributed by atoms with Crippen molar-refractivity contribution in [3.63, 3.8) is 0 Å². The van der Waals surface area contributed by atoms with Crippen LogP contribution in [0.5, 0.6) is 0 Å². The van der Waals surface area contributed by atoms with E-state index in [9.17, 15) is 14.7 Å². The summed E-state index contributed by atoms with van der Waals surface area (Å²) >= 11 is 4.17. The van der Waals surface area contributed by atoms with Gasteiger partial charge in [-0.05, 0) is 20.3 Å². The summed E-state index contributed by atoms with van der Waals surface area (Å²) < 4.78 is 5.86. The molecule has 0 radical (unpaired) electrons. The number of hydrogen-bond acceptors (Lipinski definition) is 7. The fourth-order valence-electron chi connectivity index (χ4n) is 2.98. The summed E-state index contributed by atoms with van der Waals surface area (Å²) in [6, 6.07) is -0.302. The second-order valence-corrected chi connectivity index (χ2v) is 7.23. The Morgan fingerprint density at radius 2 is 2.12 bits per heavy atom. The third kappa shape index (κ3) is 5.45. The first kappa shape index (κ1) is 23.0.